The molecule has 2 aromatic heterocycles. The third-order valence-electron chi connectivity index (χ3n) is 4.92. The fraction of sp³-hybridized carbons (Fsp3) is 0.208. The van der Waals surface area contributed by atoms with Crippen molar-refractivity contribution in [3.05, 3.63) is 94.3 Å². The minimum absolute atomic E-state index is 0.0694. The van der Waals surface area contributed by atoms with Crippen molar-refractivity contribution in [3.8, 4) is 0 Å². The van der Waals surface area contributed by atoms with Crippen molar-refractivity contribution >= 4 is 17.9 Å². The third-order valence-corrected chi connectivity index (χ3v) is 4.92. The summed E-state index contributed by atoms with van der Waals surface area (Å²) in [5, 5.41) is 0. The van der Waals surface area contributed by atoms with Crippen LogP contribution in [0.25, 0.3) is 12.2 Å². The van der Waals surface area contributed by atoms with Gasteiger partial charge < -0.3 is 13.7 Å². The van der Waals surface area contributed by atoms with Gasteiger partial charge in [-0.25, -0.2) is 0 Å². The van der Waals surface area contributed by atoms with Gasteiger partial charge in [-0.2, -0.15) is 0 Å². The second-order valence-electron chi connectivity index (χ2n) is 7.33. The van der Waals surface area contributed by atoms with Crippen LogP contribution in [0.4, 0.5) is 0 Å². The number of Topliss-reactive ketones (excluding diaryl/α,β-unsaturated/α-hetero) is 1. The Labute approximate surface area is 164 Å². The van der Waals surface area contributed by atoms with Crippen molar-refractivity contribution in [3.63, 3.8) is 0 Å². The Morgan fingerprint density at radius 1 is 0.821 bits per heavy atom. The van der Waals surface area contributed by atoms with E-state index in [1.54, 1.807) is 0 Å². The summed E-state index contributed by atoms with van der Waals surface area (Å²) in [7, 11) is 0. The second-order valence-corrected chi connectivity index (χ2v) is 7.33. The lowest BCUT2D eigenvalue weighted by Crippen LogP contribution is -3.12. The maximum absolute atomic E-state index is 13.1. The lowest BCUT2D eigenvalue weighted by Gasteiger charge is -2.26. The van der Waals surface area contributed by atoms with E-state index >= 15 is 0 Å². The van der Waals surface area contributed by atoms with Crippen molar-refractivity contribution < 1.29 is 18.5 Å². The van der Waals surface area contributed by atoms with Crippen molar-refractivity contribution in [2.75, 3.05) is 13.1 Å². The van der Waals surface area contributed by atoms with Gasteiger partial charge in [-0.1, -0.05) is 30.3 Å². The number of carbonyl (C=O) groups is 1. The molecule has 1 aliphatic heterocycles. The maximum Gasteiger partial charge on any atom is 0.196 e. The van der Waals surface area contributed by atoms with Gasteiger partial charge in [0.1, 0.15) is 42.7 Å². The number of benzene rings is 1. The van der Waals surface area contributed by atoms with E-state index in [0.29, 0.717) is 13.1 Å². The number of quaternary nitrogens is 1. The molecule has 4 rings (SSSR count). The Kier molecular flexibility index (Phi) is 5.13. The number of aryl methyl sites for hydroxylation is 2. The van der Waals surface area contributed by atoms with Crippen LogP contribution in [0.2, 0.25) is 0 Å². The monoisotopic (exact) mass is 374 g/mol. The van der Waals surface area contributed by atoms with E-state index in [1.165, 1.54) is 10.5 Å². The van der Waals surface area contributed by atoms with Crippen LogP contribution in [-0.4, -0.2) is 18.9 Å². The van der Waals surface area contributed by atoms with Crippen molar-refractivity contribution in [2.24, 2.45) is 0 Å². The summed E-state index contributed by atoms with van der Waals surface area (Å²) in [6, 6.07) is 18.0. The molecule has 1 saturated heterocycles. The van der Waals surface area contributed by atoms with Crippen LogP contribution in [0.15, 0.2) is 74.6 Å². The predicted molar refractivity (Wildman–Crippen MR) is 109 cm³/mol. The van der Waals surface area contributed by atoms with Gasteiger partial charge in [-0.05, 0) is 50.3 Å². The first-order valence-corrected chi connectivity index (χ1v) is 9.53. The zero-order chi connectivity index (χ0) is 19.5. The van der Waals surface area contributed by atoms with Crippen molar-refractivity contribution in [1.82, 2.24) is 0 Å². The number of ketones is 1. The Morgan fingerprint density at radius 2 is 1.36 bits per heavy atom. The first-order chi connectivity index (χ1) is 13.6. The average molecular weight is 374 g/mol. The van der Waals surface area contributed by atoms with Gasteiger partial charge >= 0.3 is 0 Å². The van der Waals surface area contributed by atoms with Crippen LogP contribution in [0.3, 0.4) is 0 Å². The quantitative estimate of drug-likeness (QED) is 0.710. The molecule has 142 valence electrons. The number of piperidine rings is 1. The number of likely N-dealkylation sites (tertiary alicyclic amines) is 1. The minimum atomic E-state index is 0.0694. The van der Waals surface area contributed by atoms with Gasteiger partial charge in [0.2, 0.25) is 0 Å². The zero-order valence-corrected chi connectivity index (χ0v) is 16.2. The van der Waals surface area contributed by atoms with E-state index in [2.05, 4.69) is 24.3 Å². The van der Waals surface area contributed by atoms with Crippen LogP contribution >= 0.6 is 0 Å². The first-order valence-electron chi connectivity index (χ1n) is 9.53. The third kappa shape index (κ3) is 4.24. The van der Waals surface area contributed by atoms with E-state index < -0.39 is 0 Å². The second kappa shape index (κ2) is 7.87. The molecule has 28 heavy (non-hydrogen) atoms. The summed E-state index contributed by atoms with van der Waals surface area (Å²) >= 11 is 0. The van der Waals surface area contributed by atoms with E-state index in [9.17, 15) is 4.79 Å². The molecule has 1 aliphatic rings. The highest BCUT2D eigenvalue weighted by atomic mass is 16.3. The number of furan rings is 2. The average Bonchev–Trinajstić information content (AvgIpc) is 3.27. The summed E-state index contributed by atoms with van der Waals surface area (Å²) < 4.78 is 11.3. The molecule has 3 heterocycles. The van der Waals surface area contributed by atoms with Gasteiger partial charge in [0.25, 0.3) is 0 Å². The molecule has 0 amide bonds. The Hall–Kier alpha value is -3.11. The molecule has 1 unspecified atom stereocenters. The fourth-order valence-corrected chi connectivity index (χ4v) is 3.62. The number of carbonyl (C=O) groups excluding carboxylic acids is 1. The molecule has 0 aliphatic carbocycles. The topological polar surface area (TPSA) is 47.8 Å². The summed E-state index contributed by atoms with van der Waals surface area (Å²) in [5.74, 6) is 3.18. The largest absolute Gasteiger partial charge is 0.462 e. The van der Waals surface area contributed by atoms with E-state index in [-0.39, 0.29) is 5.78 Å². The maximum atomic E-state index is 13.1. The smallest absolute Gasteiger partial charge is 0.196 e. The molecule has 3 aromatic rings. The number of hydrogen-bond donors (Lipinski definition) is 1. The van der Waals surface area contributed by atoms with Crippen molar-refractivity contribution in [2.45, 2.75) is 20.4 Å². The Balaban J connectivity index is 1.66. The highest BCUT2D eigenvalue weighted by molar-refractivity contribution is 6.13. The summed E-state index contributed by atoms with van der Waals surface area (Å²) in [6.45, 7) is 6.01. The normalized spacial score (nSPS) is 20.2. The van der Waals surface area contributed by atoms with Gasteiger partial charge in [0.15, 0.2) is 5.78 Å². The molecule has 0 radical (unpaired) electrons. The van der Waals surface area contributed by atoms with Crippen LogP contribution in [0, 0.1) is 13.8 Å². The SMILES string of the molecule is Cc1ccc(C=C2C[NH+](Cc3ccccc3)C/C(=C/c3ccc(C)o3)C2=O)o1. The molecule has 1 N–H and O–H groups in total. The molecule has 0 saturated carbocycles. The lowest BCUT2D eigenvalue weighted by molar-refractivity contribution is -0.904. The van der Waals surface area contributed by atoms with Gasteiger partial charge in [-0.3, -0.25) is 4.79 Å². The summed E-state index contributed by atoms with van der Waals surface area (Å²) in [6.07, 6.45) is 3.75. The van der Waals surface area contributed by atoms with E-state index in [1.807, 2.05) is 56.3 Å². The lowest BCUT2D eigenvalue weighted by atomic mass is 9.95. The Bertz CT molecular complexity index is 975. The molecule has 4 nitrogen and oxygen atoms in total. The summed E-state index contributed by atoms with van der Waals surface area (Å²) in [5.41, 5.74) is 2.79. The highest BCUT2D eigenvalue weighted by Gasteiger charge is 2.30. The van der Waals surface area contributed by atoms with Gasteiger partial charge in [0.05, 0.1) is 11.1 Å². The zero-order valence-electron chi connectivity index (χ0n) is 16.2. The summed E-state index contributed by atoms with van der Waals surface area (Å²) in [4.78, 5) is 14.4. The van der Waals surface area contributed by atoms with Gasteiger partial charge in [-0.15, -0.1) is 0 Å². The van der Waals surface area contributed by atoms with Crippen molar-refractivity contribution in [1.29, 1.82) is 0 Å². The highest BCUT2D eigenvalue weighted by Crippen LogP contribution is 2.18. The molecule has 0 bridgehead atoms. The number of hydrogen-bond acceptors (Lipinski definition) is 3. The van der Waals surface area contributed by atoms with E-state index in [4.69, 9.17) is 8.83 Å². The predicted octanol–water partition coefficient (Wildman–Crippen LogP) is 3.62. The Morgan fingerprint density at radius 3 is 1.82 bits per heavy atom. The van der Waals surface area contributed by atoms with Crippen LogP contribution in [-0.2, 0) is 11.3 Å². The molecule has 4 heteroatoms. The van der Waals surface area contributed by atoms with Gasteiger partial charge in [0, 0.05) is 5.56 Å². The van der Waals surface area contributed by atoms with E-state index in [0.717, 1.165) is 40.7 Å². The molecular weight excluding hydrogens is 350 g/mol. The molecule has 1 fully saturated rings. The van der Waals surface area contributed by atoms with Crippen LogP contribution in [0.1, 0.15) is 28.6 Å². The minimum Gasteiger partial charge on any atom is -0.462 e. The number of rotatable bonds is 4. The van der Waals surface area contributed by atoms with Crippen LogP contribution in [0.5, 0.6) is 0 Å². The fourth-order valence-electron chi connectivity index (χ4n) is 3.62. The molecule has 1 atom stereocenters. The van der Waals surface area contributed by atoms with Crippen LogP contribution < -0.4 is 4.90 Å². The first kappa shape index (κ1) is 18.3. The molecular formula is C24H24NO3+. The number of nitrogens with one attached hydrogen (secondary N) is 1. The standard InChI is InChI=1S/C24H23NO3/c1-17-8-10-22(27-17)12-20-15-25(14-19-6-4-3-5-7-19)16-21(24(20)26)13-23-11-9-18(2)28-23/h3-13H,14-16H2,1-2H3/p+1/b20-12-,21-13?. The molecule has 1 aromatic carbocycles. The molecule has 0 spiro atoms.